The molecule has 2 aromatic heterocycles. The maximum atomic E-state index is 12.2. The molecule has 3 aromatic rings. The van der Waals surface area contributed by atoms with Gasteiger partial charge in [-0.05, 0) is 35.6 Å². The quantitative estimate of drug-likeness (QED) is 0.701. The maximum Gasteiger partial charge on any atom is 0.253 e. The number of aromatic nitrogens is 3. The van der Waals surface area contributed by atoms with Gasteiger partial charge in [0.15, 0.2) is 0 Å². The SMILES string of the molecule is CCSc1ccc(C(=O)NCc2ccc(-n3ccnc3)cc2)cn1. The van der Waals surface area contributed by atoms with Gasteiger partial charge in [-0.15, -0.1) is 11.8 Å². The van der Waals surface area contributed by atoms with Crippen molar-refractivity contribution < 1.29 is 4.79 Å². The Morgan fingerprint density at radius 2 is 2.04 bits per heavy atom. The van der Waals surface area contributed by atoms with Crippen molar-refractivity contribution in [1.29, 1.82) is 0 Å². The van der Waals surface area contributed by atoms with Crippen molar-refractivity contribution in [1.82, 2.24) is 19.9 Å². The molecular weight excluding hydrogens is 320 g/mol. The van der Waals surface area contributed by atoms with Crippen molar-refractivity contribution in [3.63, 3.8) is 0 Å². The largest absolute Gasteiger partial charge is 0.348 e. The molecule has 3 rings (SSSR count). The number of nitrogens with one attached hydrogen (secondary N) is 1. The van der Waals surface area contributed by atoms with Crippen LogP contribution in [0.2, 0.25) is 0 Å². The highest BCUT2D eigenvalue weighted by Gasteiger charge is 2.06. The average molecular weight is 338 g/mol. The van der Waals surface area contributed by atoms with E-state index in [4.69, 9.17) is 0 Å². The molecule has 0 bridgehead atoms. The molecule has 0 aliphatic heterocycles. The lowest BCUT2D eigenvalue weighted by Gasteiger charge is -2.07. The number of carbonyl (C=O) groups excluding carboxylic acids is 1. The average Bonchev–Trinajstić information content (AvgIpc) is 3.16. The van der Waals surface area contributed by atoms with Gasteiger partial charge in [0.05, 0.1) is 16.9 Å². The van der Waals surface area contributed by atoms with E-state index in [9.17, 15) is 4.79 Å². The van der Waals surface area contributed by atoms with Gasteiger partial charge < -0.3 is 9.88 Å². The highest BCUT2D eigenvalue weighted by molar-refractivity contribution is 7.99. The molecular formula is C18H18N4OS. The number of nitrogens with zero attached hydrogens (tertiary/aromatic N) is 3. The Morgan fingerprint density at radius 1 is 1.21 bits per heavy atom. The minimum Gasteiger partial charge on any atom is -0.348 e. The zero-order valence-corrected chi connectivity index (χ0v) is 14.2. The standard InChI is InChI=1S/C18H18N4OS/c1-2-24-17-8-5-15(12-20-17)18(23)21-11-14-3-6-16(7-4-14)22-10-9-19-13-22/h3-10,12-13H,2,11H2,1H3,(H,21,23). The van der Waals surface area contributed by atoms with Crippen LogP contribution < -0.4 is 5.32 Å². The summed E-state index contributed by atoms with van der Waals surface area (Å²) in [6.07, 6.45) is 7.01. The van der Waals surface area contributed by atoms with Crippen molar-refractivity contribution in [2.24, 2.45) is 0 Å². The summed E-state index contributed by atoms with van der Waals surface area (Å²) in [6, 6.07) is 11.7. The fourth-order valence-electron chi connectivity index (χ4n) is 2.23. The van der Waals surface area contributed by atoms with Crippen LogP contribution in [-0.4, -0.2) is 26.2 Å². The summed E-state index contributed by atoms with van der Waals surface area (Å²) in [6.45, 7) is 2.56. The number of amides is 1. The van der Waals surface area contributed by atoms with Gasteiger partial charge in [-0.25, -0.2) is 9.97 Å². The second-order valence-electron chi connectivity index (χ2n) is 5.14. The van der Waals surface area contributed by atoms with Crippen LogP contribution in [0, 0.1) is 0 Å². The van der Waals surface area contributed by atoms with Gasteiger partial charge in [0, 0.05) is 30.8 Å². The van der Waals surface area contributed by atoms with Gasteiger partial charge in [0.25, 0.3) is 5.91 Å². The Morgan fingerprint density at radius 3 is 2.67 bits per heavy atom. The molecule has 0 aliphatic carbocycles. The third kappa shape index (κ3) is 4.02. The van der Waals surface area contributed by atoms with Crippen LogP contribution in [0.5, 0.6) is 0 Å². The van der Waals surface area contributed by atoms with E-state index in [0.717, 1.165) is 22.0 Å². The number of hydrogen-bond donors (Lipinski definition) is 1. The second-order valence-corrected chi connectivity index (χ2v) is 6.42. The van der Waals surface area contributed by atoms with Crippen molar-refractivity contribution in [2.45, 2.75) is 18.5 Å². The zero-order chi connectivity index (χ0) is 16.8. The molecule has 122 valence electrons. The smallest absolute Gasteiger partial charge is 0.253 e. The normalized spacial score (nSPS) is 10.5. The summed E-state index contributed by atoms with van der Waals surface area (Å²) < 4.78 is 1.93. The number of rotatable bonds is 6. The Labute approximate surface area is 145 Å². The second kappa shape index (κ2) is 7.79. The number of benzene rings is 1. The van der Waals surface area contributed by atoms with Crippen LogP contribution in [0.4, 0.5) is 0 Å². The maximum absolute atomic E-state index is 12.2. The predicted molar refractivity (Wildman–Crippen MR) is 95.4 cm³/mol. The Bertz CT molecular complexity index is 783. The molecule has 1 aromatic carbocycles. The molecule has 5 nitrogen and oxygen atoms in total. The molecule has 0 aliphatic rings. The first kappa shape index (κ1) is 16.3. The number of pyridine rings is 1. The minimum absolute atomic E-state index is 0.116. The molecule has 24 heavy (non-hydrogen) atoms. The Kier molecular flexibility index (Phi) is 5.28. The zero-order valence-electron chi connectivity index (χ0n) is 13.3. The predicted octanol–water partition coefficient (Wildman–Crippen LogP) is 3.31. The van der Waals surface area contributed by atoms with Gasteiger partial charge in [0.1, 0.15) is 0 Å². The minimum atomic E-state index is -0.116. The van der Waals surface area contributed by atoms with Gasteiger partial charge >= 0.3 is 0 Å². The molecule has 0 saturated carbocycles. The van der Waals surface area contributed by atoms with E-state index in [0.29, 0.717) is 12.1 Å². The van der Waals surface area contributed by atoms with Crippen molar-refractivity contribution in [3.05, 3.63) is 72.4 Å². The molecule has 0 saturated heterocycles. The number of thioether (sulfide) groups is 1. The van der Waals surface area contributed by atoms with E-state index in [1.54, 1.807) is 30.5 Å². The van der Waals surface area contributed by atoms with E-state index < -0.39 is 0 Å². The highest BCUT2D eigenvalue weighted by Crippen LogP contribution is 2.14. The van der Waals surface area contributed by atoms with Crippen LogP contribution >= 0.6 is 11.8 Å². The molecule has 1 amide bonds. The van der Waals surface area contributed by atoms with Crippen molar-refractivity contribution in [2.75, 3.05) is 5.75 Å². The van der Waals surface area contributed by atoms with E-state index in [1.807, 2.05) is 47.2 Å². The fraction of sp³-hybridized carbons (Fsp3) is 0.167. The third-order valence-corrected chi connectivity index (χ3v) is 4.31. The lowest BCUT2D eigenvalue weighted by atomic mass is 10.2. The summed E-state index contributed by atoms with van der Waals surface area (Å²) >= 11 is 1.66. The molecule has 0 spiro atoms. The highest BCUT2D eigenvalue weighted by atomic mass is 32.2. The summed E-state index contributed by atoms with van der Waals surface area (Å²) in [4.78, 5) is 20.5. The van der Waals surface area contributed by atoms with E-state index >= 15 is 0 Å². The van der Waals surface area contributed by atoms with Crippen LogP contribution in [-0.2, 0) is 6.54 Å². The summed E-state index contributed by atoms with van der Waals surface area (Å²) in [5.74, 6) is 0.849. The molecule has 6 heteroatoms. The molecule has 0 atom stereocenters. The van der Waals surface area contributed by atoms with Crippen LogP contribution in [0.1, 0.15) is 22.8 Å². The Hall–Kier alpha value is -2.60. The first-order valence-corrected chi connectivity index (χ1v) is 8.69. The topological polar surface area (TPSA) is 59.8 Å². The van der Waals surface area contributed by atoms with Crippen molar-refractivity contribution in [3.8, 4) is 5.69 Å². The summed E-state index contributed by atoms with van der Waals surface area (Å²) in [5, 5.41) is 3.85. The molecule has 1 N–H and O–H groups in total. The van der Waals surface area contributed by atoms with Gasteiger partial charge in [-0.2, -0.15) is 0 Å². The molecule has 0 unspecified atom stereocenters. The third-order valence-electron chi connectivity index (χ3n) is 3.48. The van der Waals surface area contributed by atoms with Crippen LogP contribution in [0.3, 0.4) is 0 Å². The first-order chi connectivity index (χ1) is 11.8. The van der Waals surface area contributed by atoms with Crippen LogP contribution in [0.15, 0.2) is 66.3 Å². The van der Waals surface area contributed by atoms with Gasteiger partial charge in [-0.1, -0.05) is 19.1 Å². The summed E-state index contributed by atoms with van der Waals surface area (Å²) in [5.41, 5.74) is 2.65. The Balaban J connectivity index is 1.57. The van der Waals surface area contributed by atoms with Gasteiger partial charge in [0.2, 0.25) is 0 Å². The first-order valence-electron chi connectivity index (χ1n) is 7.70. The molecule has 0 radical (unpaired) electrons. The van der Waals surface area contributed by atoms with E-state index in [-0.39, 0.29) is 5.91 Å². The number of imidazole rings is 1. The molecule has 2 heterocycles. The molecule has 0 fully saturated rings. The number of hydrogen-bond acceptors (Lipinski definition) is 4. The number of carbonyl (C=O) groups is 1. The van der Waals surface area contributed by atoms with Crippen molar-refractivity contribution >= 4 is 17.7 Å². The van der Waals surface area contributed by atoms with Crippen LogP contribution in [0.25, 0.3) is 5.69 Å². The summed E-state index contributed by atoms with van der Waals surface area (Å²) in [7, 11) is 0. The van der Waals surface area contributed by atoms with E-state index in [1.165, 1.54) is 0 Å². The fourth-order valence-corrected chi connectivity index (χ4v) is 2.82. The monoisotopic (exact) mass is 338 g/mol. The van der Waals surface area contributed by atoms with Gasteiger partial charge in [-0.3, -0.25) is 4.79 Å². The lowest BCUT2D eigenvalue weighted by molar-refractivity contribution is 0.0950. The lowest BCUT2D eigenvalue weighted by Crippen LogP contribution is -2.22. The van der Waals surface area contributed by atoms with E-state index in [2.05, 4.69) is 22.2 Å².